The van der Waals surface area contributed by atoms with Crippen molar-refractivity contribution >= 4 is 87.6 Å². The molecule has 5 heterocycles. The second kappa shape index (κ2) is 17.8. The maximum absolute atomic E-state index is 7.51. The molecular weight excluding hydrogens is 989 g/mol. The molecule has 0 aliphatic rings. The third kappa shape index (κ3) is 6.95. The third-order valence-corrected chi connectivity index (χ3v) is 16.4. The van der Waals surface area contributed by atoms with Gasteiger partial charge in [-0.05, 0) is 144 Å². The van der Waals surface area contributed by atoms with Crippen molar-refractivity contribution in [1.82, 2.24) is 28.2 Å². The van der Waals surface area contributed by atoms with Gasteiger partial charge in [-0.15, -0.1) is 0 Å². The Kier molecular flexibility index (Phi) is 9.88. The van der Waals surface area contributed by atoms with Crippen molar-refractivity contribution in [3.63, 3.8) is 0 Å². The first-order valence-corrected chi connectivity index (χ1v) is 27.5. The molecule has 0 bridgehead atoms. The van der Waals surface area contributed by atoms with E-state index in [-0.39, 0.29) is 0 Å². The Labute approximate surface area is 464 Å². The Morgan fingerprint density at radius 1 is 0.235 bits per heavy atom. The minimum Gasteiger partial charge on any atom is -0.455 e. The number of fused-ring (bicyclic) bond motifs is 13. The van der Waals surface area contributed by atoms with Crippen LogP contribution in [0.25, 0.3) is 155 Å². The number of aromatic nitrogens is 6. The van der Waals surface area contributed by atoms with E-state index in [9.17, 15) is 0 Å². The Bertz CT molecular complexity index is 4970. The average Bonchev–Trinajstić information content (AvgIpc) is 4.54. The van der Waals surface area contributed by atoms with Gasteiger partial charge in [-0.25, -0.2) is 9.97 Å². The first-order chi connectivity index (χ1) is 40.2. The zero-order valence-electron chi connectivity index (χ0n) is 43.6. The van der Waals surface area contributed by atoms with Crippen LogP contribution in [0, 0.1) is 0 Å². The molecule has 17 aromatic rings. The lowest BCUT2D eigenvalue weighted by molar-refractivity contribution is 0.677. The van der Waals surface area contributed by atoms with Gasteiger partial charge >= 0.3 is 0 Å². The second-order valence-electron chi connectivity index (χ2n) is 20.9. The molecule has 0 saturated carbocycles. The van der Waals surface area contributed by atoms with Crippen LogP contribution in [-0.2, 0) is 0 Å². The largest absolute Gasteiger partial charge is 0.455 e. The highest BCUT2D eigenvalue weighted by molar-refractivity contribution is 6.29. The SMILES string of the molecule is c1ccc(-n2c(-c3ccc(-c4ccc5c(c4)c4c6oc7c(ccc8c7c7cc(-c9ccc(-c%10nc%11ccccc%11n%10-c%10ccccc%10)cc9)ccc7n8-c7ccccc7)c6ccc4n5-c4ccccc4)cc3)nc3ccccc32)cc1. The molecule has 7 heteroatoms. The summed E-state index contributed by atoms with van der Waals surface area (Å²) >= 11 is 0. The normalized spacial score (nSPS) is 12.0. The monoisotopic (exact) mass is 1030 g/mol. The van der Waals surface area contributed by atoms with Crippen LogP contribution in [0.4, 0.5) is 0 Å². The Hall–Kier alpha value is -11.0. The van der Waals surface area contributed by atoms with Crippen LogP contribution >= 0.6 is 0 Å². The van der Waals surface area contributed by atoms with E-state index in [4.69, 9.17) is 14.4 Å². The standard InChI is InChI=1S/C74H46N6O/c1-5-17-53(18-6-1)77-63-41-37-51(47-29-33-49(34-30-47)73-75-61-25-13-15-27-65(61)79(73)55-21-9-3-10-22-55)45-59(63)69-67(77)43-39-57-58-40-44-68-70(72(58)81-71(57)69)60-46-52(38-42-64(60)78(68)54-19-7-2-8-20-54)48-31-35-50(36-32-48)74-76-62-26-14-16-28-66(62)80(74)56-23-11-4-12-24-56/h1-46H. The molecule has 0 N–H and O–H groups in total. The number of rotatable bonds is 8. The molecule has 0 atom stereocenters. The van der Waals surface area contributed by atoms with Gasteiger partial charge in [0, 0.05) is 55.4 Å². The van der Waals surface area contributed by atoms with Gasteiger partial charge in [-0.2, -0.15) is 0 Å². The van der Waals surface area contributed by atoms with Crippen molar-refractivity contribution in [1.29, 1.82) is 0 Å². The highest BCUT2D eigenvalue weighted by Gasteiger charge is 2.24. The minimum absolute atomic E-state index is 0.871. The molecule has 0 amide bonds. The Morgan fingerprint density at radius 2 is 0.556 bits per heavy atom. The number of furan rings is 1. The third-order valence-electron chi connectivity index (χ3n) is 16.4. The van der Waals surface area contributed by atoms with Crippen molar-refractivity contribution < 1.29 is 4.42 Å². The molecule has 17 rings (SSSR count). The number of hydrogen-bond donors (Lipinski definition) is 0. The van der Waals surface area contributed by atoms with Crippen molar-refractivity contribution in [2.75, 3.05) is 0 Å². The van der Waals surface area contributed by atoms with Crippen LogP contribution in [0.1, 0.15) is 0 Å². The number of benzene rings is 12. The maximum Gasteiger partial charge on any atom is 0.145 e. The summed E-state index contributed by atoms with van der Waals surface area (Å²) in [6.07, 6.45) is 0. The van der Waals surface area contributed by atoms with Crippen LogP contribution in [0.15, 0.2) is 283 Å². The van der Waals surface area contributed by atoms with Gasteiger partial charge in [-0.1, -0.05) is 158 Å². The first-order valence-electron chi connectivity index (χ1n) is 27.5. The zero-order chi connectivity index (χ0) is 53.1. The van der Waals surface area contributed by atoms with Crippen molar-refractivity contribution in [2.24, 2.45) is 0 Å². The topological polar surface area (TPSA) is 58.6 Å². The molecule has 81 heavy (non-hydrogen) atoms. The number of imidazole rings is 2. The van der Waals surface area contributed by atoms with Crippen LogP contribution < -0.4 is 0 Å². The molecule has 0 saturated heterocycles. The molecule has 12 aromatic carbocycles. The van der Waals surface area contributed by atoms with Crippen LogP contribution in [0.2, 0.25) is 0 Å². The molecule has 0 unspecified atom stereocenters. The highest BCUT2D eigenvalue weighted by atomic mass is 16.3. The van der Waals surface area contributed by atoms with E-state index < -0.39 is 0 Å². The minimum atomic E-state index is 0.871. The van der Waals surface area contributed by atoms with Gasteiger partial charge in [-0.3, -0.25) is 9.13 Å². The van der Waals surface area contributed by atoms with Crippen LogP contribution in [-0.4, -0.2) is 28.2 Å². The van der Waals surface area contributed by atoms with Gasteiger partial charge in [0.25, 0.3) is 0 Å². The summed E-state index contributed by atoms with van der Waals surface area (Å²) in [5.41, 5.74) is 21.1. The van der Waals surface area contributed by atoms with Gasteiger partial charge in [0.1, 0.15) is 22.8 Å². The van der Waals surface area contributed by atoms with E-state index in [1.165, 1.54) is 0 Å². The molecule has 0 spiro atoms. The quantitative estimate of drug-likeness (QED) is 0.152. The van der Waals surface area contributed by atoms with E-state index in [1.807, 2.05) is 0 Å². The molecule has 5 aromatic heterocycles. The molecule has 0 radical (unpaired) electrons. The van der Waals surface area contributed by atoms with Gasteiger partial charge < -0.3 is 13.6 Å². The summed E-state index contributed by atoms with van der Waals surface area (Å²) in [5, 5.41) is 6.57. The van der Waals surface area contributed by atoms with E-state index >= 15 is 0 Å². The summed E-state index contributed by atoms with van der Waals surface area (Å²) < 4.78 is 16.8. The van der Waals surface area contributed by atoms with E-state index in [1.54, 1.807) is 0 Å². The fraction of sp³-hybridized carbons (Fsp3) is 0. The molecular formula is C74H46N6O. The summed E-state index contributed by atoms with van der Waals surface area (Å²) in [6.45, 7) is 0. The summed E-state index contributed by atoms with van der Waals surface area (Å²) in [5.74, 6) is 1.82. The number of para-hydroxylation sites is 8. The molecule has 0 fully saturated rings. The Morgan fingerprint density at radius 3 is 0.951 bits per heavy atom. The van der Waals surface area contributed by atoms with Crippen molar-refractivity contribution in [2.45, 2.75) is 0 Å². The summed E-state index contributed by atoms with van der Waals surface area (Å²) in [7, 11) is 0. The van der Waals surface area contributed by atoms with E-state index in [0.29, 0.717) is 0 Å². The van der Waals surface area contributed by atoms with Gasteiger partial charge in [0.15, 0.2) is 0 Å². The molecule has 0 aliphatic heterocycles. The fourth-order valence-electron chi connectivity index (χ4n) is 12.7. The first kappa shape index (κ1) is 45.0. The van der Waals surface area contributed by atoms with Crippen molar-refractivity contribution in [3.05, 3.63) is 279 Å². The Balaban J connectivity index is 0.838. The molecule has 378 valence electrons. The average molecular weight is 1040 g/mol. The predicted octanol–water partition coefficient (Wildman–Crippen LogP) is 19.1. The van der Waals surface area contributed by atoms with Crippen molar-refractivity contribution in [3.8, 4) is 67.8 Å². The predicted molar refractivity (Wildman–Crippen MR) is 333 cm³/mol. The van der Waals surface area contributed by atoms with Crippen LogP contribution in [0.3, 0.4) is 0 Å². The highest BCUT2D eigenvalue weighted by Crippen LogP contribution is 2.46. The lowest BCUT2D eigenvalue weighted by Crippen LogP contribution is -1.97. The fourth-order valence-corrected chi connectivity index (χ4v) is 12.7. The smallest absolute Gasteiger partial charge is 0.145 e. The number of nitrogens with zero attached hydrogens (tertiary/aromatic N) is 6. The lowest BCUT2D eigenvalue weighted by atomic mass is 10.00. The summed E-state index contributed by atoms with van der Waals surface area (Å²) in [6, 6.07) is 99.5. The van der Waals surface area contributed by atoms with E-state index in [2.05, 4.69) is 297 Å². The van der Waals surface area contributed by atoms with Gasteiger partial charge in [0.2, 0.25) is 0 Å². The number of hydrogen-bond acceptors (Lipinski definition) is 3. The van der Waals surface area contributed by atoms with E-state index in [0.717, 1.165) is 155 Å². The zero-order valence-corrected chi connectivity index (χ0v) is 43.6. The van der Waals surface area contributed by atoms with Crippen LogP contribution in [0.5, 0.6) is 0 Å². The summed E-state index contributed by atoms with van der Waals surface area (Å²) in [4.78, 5) is 10.3. The molecule has 7 nitrogen and oxygen atoms in total. The molecule has 0 aliphatic carbocycles. The lowest BCUT2D eigenvalue weighted by Gasteiger charge is -2.10. The van der Waals surface area contributed by atoms with Gasteiger partial charge in [0.05, 0.1) is 54.9 Å². The maximum atomic E-state index is 7.51. The second-order valence-corrected chi connectivity index (χ2v) is 20.9.